The minimum atomic E-state index is -0.171. The van der Waals surface area contributed by atoms with E-state index in [1.54, 1.807) is 19.6 Å². The molecule has 4 heteroatoms. The standard InChI is InChI=1S/C6H9N3O/c1-7-6(10)5-3-9(2)4-8-5/h3-4,9H,2H2,1H3,(H,7,10). The van der Waals surface area contributed by atoms with Gasteiger partial charge in [-0.15, -0.1) is 7.05 Å². The predicted octanol–water partition coefficient (Wildman–Crippen LogP) is -1.71. The van der Waals surface area contributed by atoms with Crippen LogP contribution in [0.2, 0.25) is 0 Å². The molecule has 1 rings (SSSR count). The van der Waals surface area contributed by atoms with Crippen molar-refractivity contribution in [1.29, 1.82) is 0 Å². The lowest BCUT2D eigenvalue weighted by molar-refractivity contribution is -0.679. The van der Waals surface area contributed by atoms with Crippen molar-refractivity contribution in [3.63, 3.8) is 0 Å². The third kappa shape index (κ3) is 1.22. The van der Waals surface area contributed by atoms with Crippen LogP contribution in [0, 0.1) is 7.05 Å². The third-order valence-corrected chi connectivity index (χ3v) is 1.15. The highest BCUT2D eigenvalue weighted by Gasteiger charge is 2.11. The zero-order chi connectivity index (χ0) is 7.56. The van der Waals surface area contributed by atoms with E-state index in [2.05, 4.69) is 17.4 Å². The Labute approximate surface area is 59.2 Å². The molecule has 1 amide bonds. The number of hydrogen-bond donors (Lipinski definition) is 2. The van der Waals surface area contributed by atoms with E-state index >= 15 is 0 Å². The fraction of sp³-hybridized carbons (Fsp3) is 0.167. The molecular formula is C6H9N3O. The highest BCUT2D eigenvalue weighted by Crippen LogP contribution is 1.93. The summed E-state index contributed by atoms with van der Waals surface area (Å²) in [6.45, 7) is 0. The van der Waals surface area contributed by atoms with Gasteiger partial charge < -0.3 is 10.2 Å². The van der Waals surface area contributed by atoms with E-state index in [9.17, 15) is 4.79 Å². The smallest absolute Gasteiger partial charge is 0.275 e. The number of carbonyl (C=O) groups is 1. The molecule has 0 aromatic carbocycles. The molecule has 0 aromatic rings. The van der Waals surface area contributed by atoms with Gasteiger partial charge in [0, 0.05) is 7.05 Å². The van der Waals surface area contributed by atoms with E-state index < -0.39 is 0 Å². The minimum absolute atomic E-state index is 0.171. The lowest BCUT2D eigenvalue weighted by Crippen LogP contribution is -2.99. The zero-order valence-corrected chi connectivity index (χ0v) is 5.72. The van der Waals surface area contributed by atoms with Gasteiger partial charge in [0.1, 0.15) is 6.20 Å². The van der Waals surface area contributed by atoms with E-state index in [1.807, 2.05) is 0 Å². The Balaban J connectivity index is 2.68. The summed E-state index contributed by atoms with van der Waals surface area (Å²) in [5.74, 6) is -0.171. The number of amides is 1. The first-order valence-corrected chi connectivity index (χ1v) is 2.91. The van der Waals surface area contributed by atoms with Crippen LogP contribution < -0.4 is 10.2 Å². The molecule has 0 aliphatic carbocycles. The molecule has 0 radical (unpaired) electrons. The zero-order valence-electron chi connectivity index (χ0n) is 5.72. The Hall–Kier alpha value is -1.16. The van der Waals surface area contributed by atoms with Crippen molar-refractivity contribution in [3.8, 4) is 0 Å². The summed E-state index contributed by atoms with van der Waals surface area (Å²) >= 11 is 0. The van der Waals surface area contributed by atoms with Gasteiger partial charge in [0.2, 0.25) is 0 Å². The van der Waals surface area contributed by atoms with Gasteiger partial charge in [0.15, 0.2) is 12.0 Å². The van der Waals surface area contributed by atoms with E-state index in [0.29, 0.717) is 5.70 Å². The van der Waals surface area contributed by atoms with Gasteiger partial charge in [0.05, 0.1) is 0 Å². The predicted molar refractivity (Wildman–Crippen MR) is 37.0 cm³/mol. The first-order valence-electron chi connectivity index (χ1n) is 2.91. The summed E-state index contributed by atoms with van der Waals surface area (Å²) in [5, 5.41) is 2.47. The van der Waals surface area contributed by atoms with Crippen LogP contribution in [0.1, 0.15) is 0 Å². The number of quaternary nitrogens is 1. The number of aliphatic imine (C=N–C) groups is 1. The summed E-state index contributed by atoms with van der Waals surface area (Å²) in [6.07, 6.45) is 3.20. The maximum Gasteiger partial charge on any atom is 0.275 e. The van der Waals surface area contributed by atoms with Gasteiger partial charge in [-0.3, -0.25) is 4.79 Å². The molecule has 4 nitrogen and oxygen atoms in total. The van der Waals surface area contributed by atoms with E-state index in [1.165, 1.54) is 0 Å². The van der Waals surface area contributed by atoms with Crippen LogP contribution in [0.4, 0.5) is 0 Å². The Morgan fingerprint density at radius 1 is 1.90 bits per heavy atom. The molecule has 10 heavy (non-hydrogen) atoms. The number of likely N-dealkylation sites (N-methyl/N-ethyl adjacent to an activating group) is 1. The SMILES string of the molecule is [CH2-][NH+]1C=NC(C(=O)NC)=C1. The van der Waals surface area contributed by atoms with Crippen LogP contribution in [0.15, 0.2) is 16.9 Å². The molecule has 54 valence electrons. The minimum Gasteiger partial charge on any atom is -0.396 e. The topological polar surface area (TPSA) is 45.9 Å². The first-order chi connectivity index (χ1) is 4.74. The summed E-state index contributed by atoms with van der Waals surface area (Å²) in [4.78, 5) is 15.4. The average molecular weight is 139 g/mol. The molecule has 1 atom stereocenters. The second-order valence-corrected chi connectivity index (χ2v) is 1.94. The Bertz CT molecular complexity index is 207. The lowest BCUT2D eigenvalue weighted by atomic mass is 10.4. The monoisotopic (exact) mass is 139 g/mol. The van der Waals surface area contributed by atoms with E-state index in [4.69, 9.17) is 0 Å². The Morgan fingerprint density at radius 3 is 3.00 bits per heavy atom. The average Bonchev–Trinajstić information content (AvgIpc) is 2.34. The number of nitrogens with one attached hydrogen (secondary N) is 2. The van der Waals surface area contributed by atoms with Gasteiger partial charge in [-0.05, 0) is 0 Å². The van der Waals surface area contributed by atoms with Crippen LogP contribution in [0.3, 0.4) is 0 Å². The van der Waals surface area contributed by atoms with Gasteiger partial charge in [-0.2, -0.15) is 4.99 Å². The first kappa shape index (κ1) is 6.95. The fourth-order valence-corrected chi connectivity index (χ4v) is 0.655. The molecular weight excluding hydrogens is 130 g/mol. The Kier molecular flexibility index (Phi) is 1.82. The molecule has 0 aromatic heterocycles. The second kappa shape index (κ2) is 2.62. The molecule has 0 saturated heterocycles. The molecule has 0 spiro atoms. The van der Waals surface area contributed by atoms with Crippen molar-refractivity contribution >= 4 is 12.2 Å². The summed E-state index contributed by atoms with van der Waals surface area (Å²) in [7, 11) is 5.18. The summed E-state index contributed by atoms with van der Waals surface area (Å²) in [5.41, 5.74) is 0.424. The molecule has 2 N–H and O–H groups in total. The van der Waals surface area contributed by atoms with E-state index in [0.717, 1.165) is 4.90 Å². The summed E-state index contributed by atoms with van der Waals surface area (Å²) < 4.78 is 0. The van der Waals surface area contributed by atoms with Crippen LogP contribution in [0.5, 0.6) is 0 Å². The van der Waals surface area contributed by atoms with Crippen LogP contribution in [-0.2, 0) is 4.79 Å². The largest absolute Gasteiger partial charge is 0.396 e. The van der Waals surface area contributed by atoms with Gasteiger partial charge in [0.25, 0.3) is 5.91 Å². The van der Waals surface area contributed by atoms with Crippen LogP contribution in [0.25, 0.3) is 0 Å². The fourth-order valence-electron chi connectivity index (χ4n) is 0.655. The maximum absolute atomic E-state index is 10.8. The molecule has 1 heterocycles. The van der Waals surface area contributed by atoms with Crippen molar-refractivity contribution < 1.29 is 9.69 Å². The third-order valence-electron chi connectivity index (χ3n) is 1.15. The molecule has 1 unspecified atom stereocenters. The van der Waals surface area contributed by atoms with Crippen molar-refractivity contribution in [3.05, 3.63) is 18.9 Å². The number of carbonyl (C=O) groups excluding carboxylic acids is 1. The van der Waals surface area contributed by atoms with Crippen molar-refractivity contribution in [2.24, 2.45) is 4.99 Å². The maximum atomic E-state index is 10.8. The van der Waals surface area contributed by atoms with Gasteiger partial charge >= 0.3 is 0 Å². The number of hydrogen-bond acceptors (Lipinski definition) is 2. The molecule has 1 aliphatic heterocycles. The Morgan fingerprint density at radius 2 is 2.60 bits per heavy atom. The van der Waals surface area contributed by atoms with Crippen molar-refractivity contribution in [2.75, 3.05) is 7.05 Å². The normalized spacial score (nSPS) is 22.6. The van der Waals surface area contributed by atoms with Crippen LogP contribution >= 0.6 is 0 Å². The summed E-state index contributed by atoms with van der Waals surface area (Å²) in [6, 6.07) is 0. The number of rotatable bonds is 1. The highest BCUT2D eigenvalue weighted by atomic mass is 16.1. The quantitative estimate of drug-likeness (QED) is 0.418. The molecule has 0 bridgehead atoms. The van der Waals surface area contributed by atoms with Crippen molar-refractivity contribution in [1.82, 2.24) is 5.32 Å². The lowest BCUT2D eigenvalue weighted by Gasteiger charge is -1.99. The number of nitrogens with zero attached hydrogens (tertiary/aromatic N) is 1. The van der Waals surface area contributed by atoms with Gasteiger partial charge in [-0.25, -0.2) is 0 Å². The van der Waals surface area contributed by atoms with Crippen LogP contribution in [-0.4, -0.2) is 19.3 Å². The molecule has 0 fully saturated rings. The highest BCUT2D eigenvalue weighted by molar-refractivity contribution is 5.94. The molecule has 0 saturated carbocycles. The van der Waals surface area contributed by atoms with Gasteiger partial charge in [-0.1, -0.05) is 0 Å². The van der Waals surface area contributed by atoms with Crippen molar-refractivity contribution in [2.45, 2.75) is 0 Å². The van der Waals surface area contributed by atoms with E-state index in [-0.39, 0.29) is 5.91 Å². The second-order valence-electron chi connectivity index (χ2n) is 1.94. The molecule has 1 aliphatic rings.